The number of aliphatic carboxylic acids is 1. The molecule has 0 saturated heterocycles. The first-order valence-electron chi connectivity index (χ1n) is 4.80. The normalized spacial score (nSPS) is 9.81. The molecule has 86 valence electrons. The monoisotopic (exact) mass is 239 g/mol. The number of benzene rings is 1. The number of nitrogens with one attached hydrogen (secondary N) is 1. The molecule has 1 amide bonds. The summed E-state index contributed by atoms with van der Waals surface area (Å²) in [6.07, 6.45) is 0.134. The third-order valence-electron chi connectivity index (χ3n) is 1.74. The molecule has 2 N–H and O–H groups in total. The molecule has 16 heavy (non-hydrogen) atoms. The number of carboxylic acid groups (broad SMARTS) is 1. The molecule has 1 aromatic rings. The van der Waals surface area contributed by atoms with Gasteiger partial charge in [0.2, 0.25) is 5.91 Å². The van der Waals surface area contributed by atoms with Crippen LogP contribution in [0.3, 0.4) is 0 Å². The summed E-state index contributed by atoms with van der Waals surface area (Å²) in [4.78, 5) is 22.1. The van der Waals surface area contributed by atoms with Gasteiger partial charge in [-0.2, -0.15) is 0 Å². The molecule has 5 heteroatoms. The van der Waals surface area contributed by atoms with Crippen LogP contribution in [0.1, 0.15) is 13.3 Å². The molecule has 0 unspecified atom stereocenters. The minimum Gasteiger partial charge on any atom is -0.481 e. The van der Waals surface area contributed by atoms with Crippen LogP contribution in [0.5, 0.6) is 0 Å². The summed E-state index contributed by atoms with van der Waals surface area (Å²) in [5.41, 5.74) is 0.729. The van der Waals surface area contributed by atoms with E-state index < -0.39 is 5.97 Å². The molecule has 4 nitrogen and oxygen atoms in total. The zero-order chi connectivity index (χ0) is 12.0. The van der Waals surface area contributed by atoms with Crippen LogP contribution in [0.2, 0.25) is 0 Å². The molecule has 0 aliphatic rings. The lowest BCUT2D eigenvalue weighted by molar-refractivity contribution is -0.136. The topological polar surface area (TPSA) is 66.4 Å². The zero-order valence-electron chi connectivity index (χ0n) is 8.90. The van der Waals surface area contributed by atoms with Crippen molar-refractivity contribution in [1.29, 1.82) is 0 Å². The van der Waals surface area contributed by atoms with Crippen molar-refractivity contribution in [2.24, 2.45) is 0 Å². The van der Waals surface area contributed by atoms with E-state index in [4.69, 9.17) is 5.11 Å². The van der Waals surface area contributed by atoms with Gasteiger partial charge in [0.25, 0.3) is 0 Å². The van der Waals surface area contributed by atoms with E-state index in [1.54, 1.807) is 6.07 Å². The molecule has 0 aliphatic carbocycles. The van der Waals surface area contributed by atoms with Crippen molar-refractivity contribution >= 4 is 29.3 Å². The maximum atomic E-state index is 10.8. The maximum Gasteiger partial charge on any atom is 0.304 e. The van der Waals surface area contributed by atoms with Crippen molar-refractivity contribution in [3.8, 4) is 0 Å². The van der Waals surface area contributed by atoms with Crippen LogP contribution in [0.25, 0.3) is 0 Å². The molecule has 0 fully saturated rings. The Balaban J connectivity index is 2.53. The van der Waals surface area contributed by atoms with E-state index in [0.717, 1.165) is 10.6 Å². The molecule has 1 rings (SSSR count). The highest BCUT2D eigenvalue weighted by atomic mass is 32.2. The number of carbonyl (C=O) groups excluding carboxylic acids is 1. The van der Waals surface area contributed by atoms with Gasteiger partial charge in [0.05, 0.1) is 6.42 Å². The summed E-state index contributed by atoms with van der Waals surface area (Å²) >= 11 is 1.46. The van der Waals surface area contributed by atoms with Gasteiger partial charge in [0.15, 0.2) is 0 Å². The summed E-state index contributed by atoms with van der Waals surface area (Å²) in [7, 11) is 0. The second-order valence-corrected chi connectivity index (χ2v) is 4.37. The molecular formula is C11H13NO3S. The molecule has 0 heterocycles. The summed E-state index contributed by atoms with van der Waals surface area (Å²) < 4.78 is 0. The Bertz CT molecular complexity index is 393. The standard InChI is InChI=1S/C11H13NO3S/c1-8(13)12-9-3-2-4-10(7-9)16-6-5-11(14)15/h2-4,7H,5-6H2,1H3,(H,12,13)(H,14,15). The van der Waals surface area contributed by atoms with Crippen LogP contribution in [-0.4, -0.2) is 22.7 Å². The minimum atomic E-state index is -0.800. The molecule has 0 atom stereocenters. The fraction of sp³-hybridized carbons (Fsp3) is 0.273. The van der Waals surface area contributed by atoms with Crippen LogP contribution < -0.4 is 5.32 Å². The Morgan fingerprint density at radius 2 is 2.19 bits per heavy atom. The Hall–Kier alpha value is -1.49. The fourth-order valence-corrected chi connectivity index (χ4v) is 2.02. The van der Waals surface area contributed by atoms with E-state index in [1.165, 1.54) is 18.7 Å². The number of carboxylic acids is 1. The van der Waals surface area contributed by atoms with Gasteiger partial charge in [0.1, 0.15) is 0 Å². The third kappa shape index (κ3) is 4.84. The van der Waals surface area contributed by atoms with Crippen LogP contribution in [-0.2, 0) is 9.59 Å². The lowest BCUT2D eigenvalue weighted by Crippen LogP contribution is -2.05. The van der Waals surface area contributed by atoms with Crippen molar-refractivity contribution in [1.82, 2.24) is 0 Å². The number of thioether (sulfide) groups is 1. The summed E-state index contributed by atoms with van der Waals surface area (Å²) in [6, 6.07) is 7.34. The molecular weight excluding hydrogens is 226 g/mol. The van der Waals surface area contributed by atoms with Crippen molar-refractivity contribution in [2.75, 3.05) is 11.1 Å². The lowest BCUT2D eigenvalue weighted by Gasteiger charge is -2.04. The Morgan fingerprint density at radius 1 is 1.44 bits per heavy atom. The van der Waals surface area contributed by atoms with Crippen LogP contribution in [0, 0.1) is 0 Å². The van der Waals surface area contributed by atoms with Crippen molar-refractivity contribution in [3.05, 3.63) is 24.3 Å². The highest BCUT2D eigenvalue weighted by Crippen LogP contribution is 2.22. The van der Waals surface area contributed by atoms with Crippen molar-refractivity contribution < 1.29 is 14.7 Å². The van der Waals surface area contributed by atoms with E-state index in [0.29, 0.717) is 5.75 Å². The van der Waals surface area contributed by atoms with Gasteiger partial charge in [-0.05, 0) is 18.2 Å². The Kier molecular flexibility index (Phi) is 4.85. The van der Waals surface area contributed by atoms with Crippen LogP contribution in [0.4, 0.5) is 5.69 Å². The molecule has 1 aromatic carbocycles. The van der Waals surface area contributed by atoms with Crippen molar-refractivity contribution in [3.63, 3.8) is 0 Å². The predicted octanol–water partition coefficient (Wildman–Crippen LogP) is 2.21. The zero-order valence-corrected chi connectivity index (χ0v) is 9.71. The van der Waals surface area contributed by atoms with Crippen LogP contribution >= 0.6 is 11.8 Å². The Labute approximate surface area is 98.0 Å². The smallest absolute Gasteiger partial charge is 0.304 e. The highest BCUT2D eigenvalue weighted by molar-refractivity contribution is 7.99. The summed E-state index contributed by atoms with van der Waals surface area (Å²) in [5, 5.41) is 11.2. The second kappa shape index (κ2) is 6.17. The average molecular weight is 239 g/mol. The Morgan fingerprint density at radius 3 is 2.81 bits per heavy atom. The quantitative estimate of drug-likeness (QED) is 0.773. The minimum absolute atomic E-state index is 0.118. The van der Waals surface area contributed by atoms with Gasteiger partial charge in [-0.15, -0.1) is 11.8 Å². The molecule has 0 aromatic heterocycles. The van der Waals surface area contributed by atoms with Gasteiger partial charge < -0.3 is 10.4 Å². The molecule has 0 saturated carbocycles. The second-order valence-electron chi connectivity index (χ2n) is 3.20. The van der Waals surface area contributed by atoms with Crippen LogP contribution in [0.15, 0.2) is 29.2 Å². The number of anilines is 1. The first-order chi connectivity index (χ1) is 7.58. The number of hydrogen-bond acceptors (Lipinski definition) is 3. The number of hydrogen-bond donors (Lipinski definition) is 2. The molecule has 0 radical (unpaired) electrons. The van der Waals surface area contributed by atoms with Gasteiger partial charge in [-0.25, -0.2) is 0 Å². The van der Waals surface area contributed by atoms with E-state index in [9.17, 15) is 9.59 Å². The number of amides is 1. The number of rotatable bonds is 5. The molecule has 0 bridgehead atoms. The molecule has 0 spiro atoms. The highest BCUT2D eigenvalue weighted by Gasteiger charge is 2.00. The third-order valence-corrected chi connectivity index (χ3v) is 2.73. The van der Waals surface area contributed by atoms with E-state index >= 15 is 0 Å². The first kappa shape index (κ1) is 12.6. The SMILES string of the molecule is CC(=O)Nc1cccc(SCCC(=O)O)c1. The summed E-state index contributed by atoms with van der Waals surface area (Å²) in [6.45, 7) is 1.45. The summed E-state index contributed by atoms with van der Waals surface area (Å²) in [5.74, 6) is -0.392. The van der Waals surface area contributed by atoms with Gasteiger partial charge in [-0.3, -0.25) is 9.59 Å². The maximum absolute atomic E-state index is 10.8. The van der Waals surface area contributed by atoms with Crippen molar-refractivity contribution in [2.45, 2.75) is 18.2 Å². The fourth-order valence-electron chi connectivity index (χ4n) is 1.12. The predicted molar refractivity (Wildman–Crippen MR) is 63.7 cm³/mol. The van der Waals surface area contributed by atoms with E-state index in [2.05, 4.69) is 5.32 Å². The number of carbonyl (C=O) groups is 2. The first-order valence-corrected chi connectivity index (χ1v) is 5.79. The lowest BCUT2D eigenvalue weighted by atomic mass is 10.3. The van der Waals surface area contributed by atoms with Gasteiger partial charge in [0, 0.05) is 23.3 Å². The average Bonchev–Trinajstić information content (AvgIpc) is 2.16. The largest absolute Gasteiger partial charge is 0.481 e. The van der Waals surface area contributed by atoms with E-state index in [-0.39, 0.29) is 12.3 Å². The van der Waals surface area contributed by atoms with Gasteiger partial charge >= 0.3 is 5.97 Å². The van der Waals surface area contributed by atoms with Gasteiger partial charge in [-0.1, -0.05) is 6.07 Å². The van der Waals surface area contributed by atoms with E-state index in [1.807, 2.05) is 18.2 Å². The molecule has 0 aliphatic heterocycles.